The summed E-state index contributed by atoms with van der Waals surface area (Å²) in [6.45, 7) is 5.43. The summed E-state index contributed by atoms with van der Waals surface area (Å²) in [4.78, 5) is 24.1. The van der Waals surface area contributed by atoms with Crippen molar-refractivity contribution in [1.29, 1.82) is 0 Å². The van der Waals surface area contributed by atoms with Crippen molar-refractivity contribution in [2.75, 3.05) is 32.8 Å². The Bertz CT molecular complexity index is 919. The van der Waals surface area contributed by atoms with Crippen LogP contribution in [0.25, 0.3) is 5.65 Å². The standard InChI is InChI=1S/C20H23N5O2/c1-15-19(23-18-7-3-5-9-25(15)18)20(26)22-14-17(16-6-2-4-8-21-16)24-10-12-27-13-11-24/h2-9,17H,10-14H2,1H3,(H,22,26). The van der Waals surface area contributed by atoms with Gasteiger partial charge in [-0.05, 0) is 31.2 Å². The van der Waals surface area contributed by atoms with Gasteiger partial charge in [0.05, 0.1) is 30.6 Å². The smallest absolute Gasteiger partial charge is 0.271 e. The first-order valence-corrected chi connectivity index (χ1v) is 9.18. The highest BCUT2D eigenvalue weighted by molar-refractivity contribution is 5.94. The van der Waals surface area contributed by atoms with E-state index in [9.17, 15) is 4.79 Å². The van der Waals surface area contributed by atoms with Crippen molar-refractivity contribution in [3.05, 3.63) is 65.9 Å². The molecule has 0 aromatic carbocycles. The van der Waals surface area contributed by atoms with Crippen LogP contribution in [-0.4, -0.2) is 58.0 Å². The number of nitrogens with zero attached hydrogens (tertiary/aromatic N) is 4. The molecule has 3 aromatic heterocycles. The van der Waals surface area contributed by atoms with Crippen LogP contribution in [0.15, 0.2) is 48.8 Å². The molecule has 1 unspecified atom stereocenters. The molecule has 7 nitrogen and oxygen atoms in total. The molecule has 4 rings (SSSR count). The molecule has 4 heterocycles. The van der Waals surface area contributed by atoms with Crippen molar-refractivity contribution >= 4 is 11.6 Å². The number of morpholine rings is 1. The van der Waals surface area contributed by atoms with Crippen LogP contribution in [0.2, 0.25) is 0 Å². The van der Waals surface area contributed by atoms with Gasteiger partial charge in [-0.25, -0.2) is 4.98 Å². The van der Waals surface area contributed by atoms with Gasteiger partial charge in [-0.2, -0.15) is 0 Å². The maximum Gasteiger partial charge on any atom is 0.271 e. The van der Waals surface area contributed by atoms with Crippen LogP contribution in [0.3, 0.4) is 0 Å². The van der Waals surface area contributed by atoms with Crippen molar-refractivity contribution in [2.45, 2.75) is 13.0 Å². The minimum absolute atomic E-state index is 0.0105. The lowest BCUT2D eigenvalue weighted by Crippen LogP contribution is -2.44. The SMILES string of the molecule is Cc1c(C(=O)NCC(c2ccccn2)N2CCOCC2)nc2ccccn12. The summed E-state index contributed by atoms with van der Waals surface area (Å²) in [5.74, 6) is -0.162. The van der Waals surface area contributed by atoms with Gasteiger partial charge < -0.3 is 14.5 Å². The Morgan fingerprint density at radius 1 is 1.22 bits per heavy atom. The van der Waals surface area contributed by atoms with Crippen LogP contribution in [0.4, 0.5) is 0 Å². The number of ether oxygens (including phenoxy) is 1. The van der Waals surface area contributed by atoms with E-state index >= 15 is 0 Å². The molecule has 140 valence electrons. The fourth-order valence-corrected chi connectivity index (χ4v) is 3.49. The van der Waals surface area contributed by atoms with E-state index < -0.39 is 0 Å². The van der Waals surface area contributed by atoms with Crippen LogP contribution in [-0.2, 0) is 4.74 Å². The molecule has 7 heteroatoms. The molecule has 1 saturated heterocycles. The molecular formula is C20H23N5O2. The summed E-state index contributed by atoms with van der Waals surface area (Å²) >= 11 is 0. The number of carbonyl (C=O) groups is 1. The molecule has 1 amide bonds. The number of rotatable bonds is 5. The molecule has 1 fully saturated rings. The summed E-state index contributed by atoms with van der Waals surface area (Å²) in [5.41, 5.74) is 3.02. The van der Waals surface area contributed by atoms with E-state index in [2.05, 4.69) is 20.2 Å². The van der Waals surface area contributed by atoms with Crippen LogP contribution >= 0.6 is 0 Å². The highest BCUT2D eigenvalue weighted by atomic mass is 16.5. The van der Waals surface area contributed by atoms with E-state index in [-0.39, 0.29) is 11.9 Å². The lowest BCUT2D eigenvalue weighted by molar-refractivity contribution is 0.0153. The third kappa shape index (κ3) is 3.70. The summed E-state index contributed by atoms with van der Waals surface area (Å²) in [7, 11) is 0. The van der Waals surface area contributed by atoms with E-state index in [1.165, 1.54) is 0 Å². The minimum Gasteiger partial charge on any atom is -0.379 e. The average Bonchev–Trinajstić information content (AvgIpc) is 3.07. The number of fused-ring (bicyclic) bond motifs is 1. The first-order chi connectivity index (χ1) is 13.2. The molecule has 1 N–H and O–H groups in total. The van der Waals surface area contributed by atoms with Gasteiger partial charge in [-0.1, -0.05) is 12.1 Å². The third-order valence-electron chi connectivity index (χ3n) is 4.96. The Morgan fingerprint density at radius 3 is 2.78 bits per heavy atom. The quantitative estimate of drug-likeness (QED) is 0.747. The van der Waals surface area contributed by atoms with E-state index in [0.717, 1.165) is 30.1 Å². The number of aryl methyl sites for hydroxylation is 1. The van der Waals surface area contributed by atoms with Gasteiger partial charge in [-0.3, -0.25) is 14.7 Å². The summed E-state index contributed by atoms with van der Waals surface area (Å²) in [6.07, 6.45) is 3.70. The zero-order valence-electron chi connectivity index (χ0n) is 15.3. The summed E-state index contributed by atoms with van der Waals surface area (Å²) < 4.78 is 7.39. The molecule has 3 aromatic rings. The van der Waals surface area contributed by atoms with Crippen molar-refractivity contribution in [1.82, 2.24) is 24.6 Å². The lowest BCUT2D eigenvalue weighted by Gasteiger charge is -2.34. The second-order valence-corrected chi connectivity index (χ2v) is 6.60. The molecule has 0 aliphatic carbocycles. The van der Waals surface area contributed by atoms with Gasteiger partial charge >= 0.3 is 0 Å². The average molecular weight is 365 g/mol. The number of pyridine rings is 2. The number of hydrogen-bond donors (Lipinski definition) is 1. The van der Waals surface area contributed by atoms with Crippen LogP contribution in [0.1, 0.15) is 27.9 Å². The van der Waals surface area contributed by atoms with Crippen LogP contribution < -0.4 is 5.32 Å². The van der Waals surface area contributed by atoms with Gasteiger partial charge in [0, 0.05) is 32.0 Å². The van der Waals surface area contributed by atoms with E-state index in [0.29, 0.717) is 25.5 Å². The maximum absolute atomic E-state index is 12.8. The predicted octanol–water partition coefficient (Wildman–Crippen LogP) is 1.84. The monoisotopic (exact) mass is 365 g/mol. The second-order valence-electron chi connectivity index (χ2n) is 6.60. The van der Waals surface area contributed by atoms with Gasteiger partial charge in [0.25, 0.3) is 5.91 Å². The topological polar surface area (TPSA) is 71.8 Å². The minimum atomic E-state index is -0.162. The summed E-state index contributed by atoms with van der Waals surface area (Å²) in [5, 5.41) is 3.06. The number of carbonyl (C=O) groups excluding carboxylic acids is 1. The molecule has 0 bridgehead atoms. The van der Waals surface area contributed by atoms with Gasteiger partial charge in [0.1, 0.15) is 11.3 Å². The van der Waals surface area contributed by atoms with Crippen molar-refractivity contribution in [3.63, 3.8) is 0 Å². The Balaban J connectivity index is 1.52. The Kier molecular flexibility index (Phi) is 5.13. The fraction of sp³-hybridized carbons (Fsp3) is 0.350. The molecular weight excluding hydrogens is 342 g/mol. The van der Waals surface area contributed by atoms with Crippen molar-refractivity contribution in [3.8, 4) is 0 Å². The highest BCUT2D eigenvalue weighted by Crippen LogP contribution is 2.19. The molecule has 1 aliphatic heterocycles. The van der Waals surface area contributed by atoms with E-state index in [4.69, 9.17) is 4.74 Å². The molecule has 27 heavy (non-hydrogen) atoms. The largest absolute Gasteiger partial charge is 0.379 e. The van der Waals surface area contributed by atoms with Gasteiger partial charge in [-0.15, -0.1) is 0 Å². The number of imidazole rings is 1. The van der Waals surface area contributed by atoms with Crippen LogP contribution in [0.5, 0.6) is 0 Å². The molecule has 1 atom stereocenters. The Labute approximate surface area is 158 Å². The maximum atomic E-state index is 12.8. The number of amides is 1. The number of aromatic nitrogens is 3. The molecule has 1 aliphatic rings. The van der Waals surface area contributed by atoms with Crippen molar-refractivity contribution in [2.24, 2.45) is 0 Å². The second kappa shape index (κ2) is 7.85. The lowest BCUT2D eigenvalue weighted by atomic mass is 10.1. The number of hydrogen-bond acceptors (Lipinski definition) is 5. The molecule has 0 saturated carbocycles. The van der Waals surface area contributed by atoms with E-state index in [1.807, 2.05) is 53.9 Å². The zero-order chi connectivity index (χ0) is 18.6. The first-order valence-electron chi connectivity index (χ1n) is 9.18. The first kappa shape index (κ1) is 17.6. The zero-order valence-corrected chi connectivity index (χ0v) is 15.3. The molecule has 0 spiro atoms. The van der Waals surface area contributed by atoms with E-state index in [1.54, 1.807) is 6.20 Å². The van der Waals surface area contributed by atoms with Gasteiger partial charge in [0.15, 0.2) is 0 Å². The fourth-order valence-electron chi connectivity index (χ4n) is 3.49. The van der Waals surface area contributed by atoms with Crippen molar-refractivity contribution < 1.29 is 9.53 Å². The molecule has 0 radical (unpaired) electrons. The highest BCUT2D eigenvalue weighted by Gasteiger charge is 2.25. The van der Waals surface area contributed by atoms with Gasteiger partial charge in [0.2, 0.25) is 0 Å². The summed E-state index contributed by atoms with van der Waals surface area (Å²) in [6, 6.07) is 11.6. The normalized spacial score (nSPS) is 16.3. The Morgan fingerprint density at radius 2 is 2.04 bits per heavy atom. The third-order valence-corrected chi connectivity index (χ3v) is 4.96. The Hall–Kier alpha value is -2.77. The predicted molar refractivity (Wildman–Crippen MR) is 102 cm³/mol. The number of nitrogens with one attached hydrogen (secondary N) is 1. The van der Waals surface area contributed by atoms with Crippen LogP contribution in [0, 0.1) is 6.92 Å².